The van der Waals surface area contributed by atoms with Crippen molar-refractivity contribution < 1.29 is 9.90 Å². The summed E-state index contributed by atoms with van der Waals surface area (Å²) >= 11 is 1.38. The fraction of sp³-hybridized carbons (Fsp3) is 0.375. The minimum Gasteiger partial charge on any atom is -0.388 e. The smallest absolute Gasteiger partial charge is 0.222 e. The highest BCUT2D eigenvalue weighted by atomic mass is 32.1. The molecule has 0 saturated heterocycles. The summed E-state index contributed by atoms with van der Waals surface area (Å²) in [5.74, 6) is 0.0480. The van der Waals surface area contributed by atoms with Gasteiger partial charge in [-0.15, -0.1) is 11.3 Å². The first kappa shape index (κ1) is 16.5. The third-order valence-electron chi connectivity index (χ3n) is 3.51. The van der Waals surface area contributed by atoms with Gasteiger partial charge in [0.05, 0.1) is 11.8 Å². The number of anilines is 1. The highest BCUT2D eigenvalue weighted by Crippen LogP contribution is 2.17. The van der Waals surface area contributed by atoms with Crippen molar-refractivity contribution in [2.45, 2.75) is 25.4 Å². The van der Waals surface area contributed by atoms with E-state index in [0.29, 0.717) is 30.9 Å². The summed E-state index contributed by atoms with van der Waals surface area (Å²) in [6, 6.07) is 9.48. The van der Waals surface area contributed by atoms with Crippen LogP contribution in [0.2, 0.25) is 0 Å². The Bertz CT molecular complexity index is 600. The first-order valence-electron chi connectivity index (χ1n) is 7.23. The molecule has 0 aliphatic heterocycles. The molecule has 0 spiro atoms. The van der Waals surface area contributed by atoms with Crippen LogP contribution in [0.1, 0.15) is 30.2 Å². The monoisotopic (exact) mass is 319 g/mol. The molecule has 0 radical (unpaired) electrons. The van der Waals surface area contributed by atoms with Gasteiger partial charge in [-0.05, 0) is 18.4 Å². The number of aryl methyl sites for hydroxylation is 1. The molecule has 0 bridgehead atoms. The fourth-order valence-corrected chi connectivity index (χ4v) is 2.74. The summed E-state index contributed by atoms with van der Waals surface area (Å²) in [5.41, 5.74) is 7.30. The van der Waals surface area contributed by atoms with Crippen molar-refractivity contribution >= 4 is 22.4 Å². The Labute approximate surface area is 134 Å². The van der Waals surface area contributed by atoms with E-state index < -0.39 is 6.10 Å². The average Bonchev–Trinajstić information content (AvgIpc) is 2.96. The van der Waals surface area contributed by atoms with Crippen molar-refractivity contribution in [3.05, 3.63) is 47.0 Å². The molecule has 1 aromatic heterocycles. The minimum absolute atomic E-state index is 0.0480. The molecule has 22 heavy (non-hydrogen) atoms. The van der Waals surface area contributed by atoms with Crippen molar-refractivity contribution in [1.29, 1.82) is 0 Å². The van der Waals surface area contributed by atoms with Crippen LogP contribution in [0.3, 0.4) is 0 Å². The molecular weight excluding hydrogens is 298 g/mol. The number of aromatic nitrogens is 1. The number of carbonyl (C=O) groups is 1. The van der Waals surface area contributed by atoms with Gasteiger partial charge in [0.2, 0.25) is 5.91 Å². The average molecular weight is 319 g/mol. The van der Waals surface area contributed by atoms with E-state index in [1.54, 1.807) is 11.9 Å². The van der Waals surface area contributed by atoms with E-state index in [4.69, 9.17) is 5.73 Å². The molecule has 0 aliphatic carbocycles. The summed E-state index contributed by atoms with van der Waals surface area (Å²) < 4.78 is 0. The van der Waals surface area contributed by atoms with Gasteiger partial charge in [0.1, 0.15) is 0 Å². The van der Waals surface area contributed by atoms with Crippen molar-refractivity contribution in [3.63, 3.8) is 0 Å². The Morgan fingerprint density at radius 3 is 2.77 bits per heavy atom. The minimum atomic E-state index is -0.546. The molecule has 2 aromatic rings. The quantitative estimate of drug-likeness (QED) is 0.820. The summed E-state index contributed by atoms with van der Waals surface area (Å²) in [6.07, 6.45) is 0.976. The van der Waals surface area contributed by atoms with Gasteiger partial charge in [-0.1, -0.05) is 30.3 Å². The second-order valence-electron chi connectivity index (χ2n) is 5.21. The van der Waals surface area contributed by atoms with E-state index in [-0.39, 0.29) is 5.91 Å². The van der Waals surface area contributed by atoms with Gasteiger partial charge >= 0.3 is 0 Å². The number of nitrogens with zero attached hydrogens (tertiary/aromatic N) is 2. The molecule has 1 heterocycles. The molecule has 118 valence electrons. The summed E-state index contributed by atoms with van der Waals surface area (Å²) in [6.45, 7) is 0.522. The van der Waals surface area contributed by atoms with Crippen LogP contribution in [-0.4, -0.2) is 34.5 Å². The number of nitrogens with two attached hydrogens (primary N) is 1. The molecule has 1 amide bonds. The summed E-state index contributed by atoms with van der Waals surface area (Å²) in [4.78, 5) is 17.9. The molecule has 1 aromatic carbocycles. The first-order valence-corrected chi connectivity index (χ1v) is 8.11. The van der Waals surface area contributed by atoms with Crippen molar-refractivity contribution in [3.8, 4) is 0 Å². The summed E-state index contributed by atoms with van der Waals surface area (Å²) in [7, 11) is 1.76. The standard InChI is InChI=1S/C16H21N3O2S/c1-19(10-9-14(20)12-5-3-2-4-6-12)15(21)8-7-13-11-22-16(17)18-13/h2-6,11,14,20H,7-10H2,1H3,(H2,17,18)/t14-/m1/s1. The van der Waals surface area contributed by atoms with Crippen LogP contribution < -0.4 is 5.73 Å². The number of benzene rings is 1. The maximum absolute atomic E-state index is 12.1. The highest BCUT2D eigenvalue weighted by molar-refractivity contribution is 7.13. The second kappa shape index (κ2) is 7.91. The molecule has 5 nitrogen and oxygen atoms in total. The lowest BCUT2D eigenvalue weighted by molar-refractivity contribution is -0.130. The van der Waals surface area contributed by atoms with Gasteiger partial charge in [0, 0.05) is 25.4 Å². The van der Waals surface area contributed by atoms with Crippen molar-refractivity contribution in [2.75, 3.05) is 19.3 Å². The van der Waals surface area contributed by atoms with Gasteiger partial charge in [0.25, 0.3) is 0 Å². The van der Waals surface area contributed by atoms with E-state index >= 15 is 0 Å². The number of rotatable bonds is 7. The number of nitrogen functional groups attached to an aromatic ring is 1. The maximum Gasteiger partial charge on any atom is 0.222 e. The lowest BCUT2D eigenvalue weighted by atomic mass is 10.1. The second-order valence-corrected chi connectivity index (χ2v) is 6.10. The number of aliphatic hydroxyl groups is 1. The van der Waals surface area contributed by atoms with Gasteiger partial charge in [-0.3, -0.25) is 4.79 Å². The third-order valence-corrected chi connectivity index (χ3v) is 4.24. The Morgan fingerprint density at radius 1 is 1.41 bits per heavy atom. The zero-order valence-electron chi connectivity index (χ0n) is 12.6. The summed E-state index contributed by atoms with van der Waals surface area (Å²) in [5, 5.41) is 12.5. The van der Waals surface area contributed by atoms with Gasteiger partial charge in [0.15, 0.2) is 5.13 Å². The molecule has 6 heteroatoms. The van der Waals surface area contributed by atoms with E-state index in [2.05, 4.69) is 4.98 Å². The Morgan fingerprint density at radius 2 is 2.14 bits per heavy atom. The van der Waals surface area contributed by atoms with Gasteiger partial charge in [-0.25, -0.2) is 4.98 Å². The van der Waals surface area contributed by atoms with Gasteiger partial charge < -0.3 is 15.7 Å². The van der Waals surface area contributed by atoms with E-state index in [0.717, 1.165) is 11.3 Å². The molecule has 0 unspecified atom stereocenters. The molecule has 2 rings (SSSR count). The SMILES string of the molecule is CN(CC[C@@H](O)c1ccccc1)C(=O)CCc1csc(N)n1. The third kappa shape index (κ3) is 4.82. The number of aliphatic hydroxyl groups excluding tert-OH is 1. The van der Waals surface area contributed by atoms with Crippen molar-refractivity contribution in [2.24, 2.45) is 0 Å². The van der Waals surface area contributed by atoms with Crippen LogP contribution >= 0.6 is 11.3 Å². The predicted molar refractivity (Wildman–Crippen MR) is 88.5 cm³/mol. The molecule has 1 atom stereocenters. The zero-order chi connectivity index (χ0) is 15.9. The Balaban J connectivity index is 1.74. The first-order chi connectivity index (χ1) is 10.6. The van der Waals surface area contributed by atoms with Crippen LogP contribution in [0.15, 0.2) is 35.7 Å². The topological polar surface area (TPSA) is 79.5 Å². The number of thiazole rings is 1. The van der Waals surface area contributed by atoms with Crippen molar-refractivity contribution in [1.82, 2.24) is 9.88 Å². The van der Waals surface area contributed by atoms with Crippen LogP contribution in [0.25, 0.3) is 0 Å². The molecule has 0 aliphatic rings. The van der Waals surface area contributed by atoms with Crippen LogP contribution in [0.4, 0.5) is 5.13 Å². The number of carbonyl (C=O) groups excluding carboxylic acids is 1. The molecule has 3 N–H and O–H groups in total. The lowest BCUT2D eigenvalue weighted by Gasteiger charge is -2.19. The Hall–Kier alpha value is -1.92. The molecule has 0 saturated carbocycles. The fourth-order valence-electron chi connectivity index (χ4n) is 2.15. The predicted octanol–water partition coefficient (Wildman–Crippen LogP) is 2.24. The number of hydrogen-bond acceptors (Lipinski definition) is 5. The molecule has 0 fully saturated rings. The largest absolute Gasteiger partial charge is 0.388 e. The number of hydrogen-bond donors (Lipinski definition) is 2. The lowest BCUT2D eigenvalue weighted by Crippen LogP contribution is -2.28. The Kier molecular flexibility index (Phi) is 5.91. The highest BCUT2D eigenvalue weighted by Gasteiger charge is 2.13. The van der Waals surface area contributed by atoms with E-state index in [1.807, 2.05) is 35.7 Å². The van der Waals surface area contributed by atoms with Crippen LogP contribution in [0, 0.1) is 0 Å². The number of amides is 1. The van der Waals surface area contributed by atoms with Crippen LogP contribution in [-0.2, 0) is 11.2 Å². The van der Waals surface area contributed by atoms with E-state index in [9.17, 15) is 9.90 Å². The molecular formula is C16H21N3O2S. The van der Waals surface area contributed by atoms with Crippen LogP contribution in [0.5, 0.6) is 0 Å². The van der Waals surface area contributed by atoms with Gasteiger partial charge in [-0.2, -0.15) is 0 Å². The van der Waals surface area contributed by atoms with E-state index in [1.165, 1.54) is 11.3 Å². The zero-order valence-corrected chi connectivity index (χ0v) is 13.4. The normalized spacial score (nSPS) is 12.1. The maximum atomic E-state index is 12.1.